The van der Waals surface area contributed by atoms with Crippen molar-refractivity contribution in [3.05, 3.63) is 206 Å². The van der Waals surface area contributed by atoms with Crippen LogP contribution in [0.4, 0.5) is 0 Å². The third kappa shape index (κ3) is 5.80. The fourth-order valence-corrected chi connectivity index (χ4v) is 7.68. The first kappa shape index (κ1) is 31.6. The largest absolute Gasteiger partial charge is 0.373 e. The molecule has 254 valence electrons. The van der Waals surface area contributed by atoms with Gasteiger partial charge in [-0.25, -0.2) is 9.97 Å². The van der Waals surface area contributed by atoms with Gasteiger partial charge in [-0.1, -0.05) is 133 Å². The van der Waals surface area contributed by atoms with Crippen molar-refractivity contribution < 1.29 is 0 Å². The summed E-state index contributed by atoms with van der Waals surface area (Å²) in [5.74, 6) is 0.674. The fourth-order valence-electron chi connectivity index (χ4n) is 7.68. The number of dihydropyridines is 1. The summed E-state index contributed by atoms with van der Waals surface area (Å²) in [6.45, 7) is 0. The van der Waals surface area contributed by atoms with Crippen LogP contribution in [0.15, 0.2) is 194 Å². The Bertz CT molecular complexity index is 2900. The Kier molecular flexibility index (Phi) is 7.85. The molecule has 10 rings (SSSR count). The number of pyridine rings is 1. The van der Waals surface area contributed by atoms with Gasteiger partial charge in [0.25, 0.3) is 0 Å². The number of nitrogens with zero attached hydrogens (tertiary/aromatic N) is 3. The lowest BCUT2D eigenvalue weighted by atomic mass is 9.90. The molecular formula is C50H34N4. The zero-order chi connectivity index (χ0) is 35.8. The summed E-state index contributed by atoms with van der Waals surface area (Å²) in [4.78, 5) is 15.4. The predicted octanol–water partition coefficient (Wildman–Crippen LogP) is 12.2. The van der Waals surface area contributed by atoms with E-state index in [0.29, 0.717) is 5.82 Å². The molecule has 0 spiro atoms. The molecule has 1 aliphatic rings. The van der Waals surface area contributed by atoms with Gasteiger partial charge in [-0.15, -0.1) is 0 Å². The molecule has 1 N–H and O–H groups in total. The van der Waals surface area contributed by atoms with Crippen molar-refractivity contribution >= 4 is 38.1 Å². The zero-order valence-electron chi connectivity index (χ0n) is 29.4. The molecule has 2 aromatic heterocycles. The maximum Gasteiger partial charge on any atom is 0.160 e. The lowest BCUT2D eigenvalue weighted by Crippen LogP contribution is -2.21. The van der Waals surface area contributed by atoms with Crippen LogP contribution in [-0.2, 0) is 0 Å². The molecule has 7 aromatic carbocycles. The van der Waals surface area contributed by atoms with Crippen LogP contribution in [0.3, 0.4) is 0 Å². The summed E-state index contributed by atoms with van der Waals surface area (Å²) in [7, 11) is 0. The smallest absolute Gasteiger partial charge is 0.160 e. The maximum atomic E-state index is 5.36. The molecular weight excluding hydrogens is 657 g/mol. The monoisotopic (exact) mass is 690 g/mol. The summed E-state index contributed by atoms with van der Waals surface area (Å²) in [6.07, 6.45) is 8.26. The SMILES string of the molecule is C1=CC(c2ccccn2)NC(c2cc(-c3nc(-c4ccccc4)c4ccc(-c5ccccc5)cc4n3)cc(-c3cc4ccccc4c4ccccc34)c2)=C1. The number of aromatic nitrogens is 3. The molecule has 1 unspecified atom stereocenters. The topological polar surface area (TPSA) is 50.7 Å². The van der Waals surface area contributed by atoms with E-state index in [0.717, 1.165) is 66.9 Å². The van der Waals surface area contributed by atoms with Crippen molar-refractivity contribution in [2.24, 2.45) is 0 Å². The van der Waals surface area contributed by atoms with E-state index in [-0.39, 0.29) is 6.04 Å². The molecule has 0 saturated carbocycles. The van der Waals surface area contributed by atoms with Gasteiger partial charge in [0.15, 0.2) is 5.82 Å². The first-order valence-electron chi connectivity index (χ1n) is 18.3. The van der Waals surface area contributed by atoms with Crippen LogP contribution in [0.5, 0.6) is 0 Å². The fraction of sp³-hybridized carbons (Fsp3) is 0.0200. The van der Waals surface area contributed by atoms with Gasteiger partial charge in [-0.05, 0) is 104 Å². The third-order valence-electron chi connectivity index (χ3n) is 10.3. The highest BCUT2D eigenvalue weighted by Crippen LogP contribution is 2.39. The molecule has 54 heavy (non-hydrogen) atoms. The molecule has 1 aliphatic heterocycles. The van der Waals surface area contributed by atoms with Crippen molar-refractivity contribution in [1.29, 1.82) is 0 Å². The van der Waals surface area contributed by atoms with Crippen molar-refractivity contribution in [3.8, 4) is 44.9 Å². The first-order chi connectivity index (χ1) is 26.7. The highest BCUT2D eigenvalue weighted by atomic mass is 15.0. The summed E-state index contributed by atoms with van der Waals surface area (Å²) in [5, 5.41) is 9.67. The number of nitrogens with one attached hydrogen (secondary N) is 1. The molecule has 3 heterocycles. The average molecular weight is 691 g/mol. The minimum absolute atomic E-state index is 0.0576. The van der Waals surface area contributed by atoms with Crippen LogP contribution < -0.4 is 5.32 Å². The van der Waals surface area contributed by atoms with E-state index in [1.807, 2.05) is 30.5 Å². The zero-order valence-corrected chi connectivity index (χ0v) is 29.4. The molecule has 4 nitrogen and oxygen atoms in total. The van der Waals surface area contributed by atoms with Crippen molar-refractivity contribution in [3.63, 3.8) is 0 Å². The molecule has 0 amide bonds. The second-order valence-electron chi connectivity index (χ2n) is 13.7. The Labute approximate surface area is 313 Å². The maximum absolute atomic E-state index is 5.36. The van der Waals surface area contributed by atoms with E-state index < -0.39 is 0 Å². The van der Waals surface area contributed by atoms with Gasteiger partial charge >= 0.3 is 0 Å². The van der Waals surface area contributed by atoms with Gasteiger partial charge < -0.3 is 5.32 Å². The van der Waals surface area contributed by atoms with E-state index in [1.165, 1.54) is 21.5 Å². The van der Waals surface area contributed by atoms with Crippen molar-refractivity contribution in [1.82, 2.24) is 20.3 Å². The molecule has 0 radical (unpaired) electrons. The normalized spacial score (nSPS) is 13.9. The first-order valence-corrected chi connectivity index (χ1v) is 18.3. The van der Waals surface area contributed by atoms with Crippen LogP contribution in [0.1, 0.15) is 17.3 Å². The van der Waals surface area contributed by atoms with Gasteiger partial charge in [-0.2, -0.15) is 0 Å². The van der Waals surface area contributed by atoms with Crippen LogP contribution in [0, 0.1) is 0 Å². The Balaban J connectivity index is 1.21. The van der Waals surface area contributed by atoms with Crippen LogP contribution >= 0.6 is 0 Å². The van der Waals surface area contributed by atoms with Crippen LogP contribution in [0.2, 0.25) is 0 Å². The number of hydrogen-bond acceptors (Lipinski definition) is 4. The number of fused-ring (bicyclic) bond motifs is 4. The Morgan fingerprint density at radius 1 is 0.463 bits per heavy atom. The molecule has 4 heteroatoms. The van der Waals surface area contributed by atoms with E-state index in [9.17, 15) is 0 Å². The Morgan fingerprint density at radius 3 is 1.98 bits per heavy atom. The third-order valence-corrected chi connectivity index (χ3v) is 10.3. The number of allylic oxidation sites excluding steroid dienone is 2. The van der Waals surface area contributed by atoms with Gasteiger partial charge in [0, 0.05) is 28.4 Å². The summed E-state index contributed by atoms with van der Waals surface area (Å²) in [6, 6.07) is 59.9. The average Bonchev–Trinajstić information content (AvgIpc) is 3.26. The lowest BCUT2D eigenvalue weighted by molar-refractivity contribution is 0.737. The van der Waals surface area contributed by atoms with Gasteiger partial charge in [0.2, 0.25) is 0 Å². The molecule has 0 bridgehead atoms. The van der Waals surface area contributed by atoms with Gasteiger partial charge in [0.1, 0.15) is 0 Å². The summed E-state index contributed by atoms with van der Waals surface area (Å²) >= 11 is 0. The molecule has 9 aromatic rings. The summed E-state index contributed by atoms with van der Waals surface area (Å²) < 4.78 is 0. The minimum Gasteiger partial charge on any atom is -0.373 e. The standard InChI is InChI=1S/C50H34N4/c1-3-14-33(15-4-1)35-25-26-43-48(32-35)53-50(54-49(43)34-16-5-2-6-17-34)39-29-37(44-31-36-18-7-8-19-40(36)41-20-9-10-21-42(41)44)28-38(30-39)45-23-13-24-47(52-45)46-22-11-12-27-51-46/h1-32,47,52H. The highest BCUT2D eigenvalue weighted by molar-refractivity contribution is 6.14. The van der Waals surface area contributed by atoms with E-state index >= 15 is 0 Å². The molecule has 0 saturated heterocycles. The van der Waals surface area contributed by atoms with Crippen molar-refractivity contribution in [2.75, 3.05) is 0 Å². The number of benzene rings is 7. The lowest BCUT2D eigenvalue weighted by Gasteiger charge is -2.23. The second kappa shape index (κ2) is 13.4. The Hall–Kier alpha value is -7.17. The predicted molar refractivity (Wildman–Crippen MR) is 224 cm³/mol. The second-order valence-corrected chi connectivity index (χ2v) is 13.7. The molecule has 0 fully saturated rings. The number of hydrogen-bond donors (Lipinski definition) is 1. The minimum atomic E-state index is -0.0576. The van der Waals surface area contributed by atoms with E-state index in [4.69, 9.17) is 9.97 Å². The van der Waals surface area contributed by atoms with E-state index in [2.05, 4.69) is 174 Å². The van der Waals surface area contributed by atoms with Crippen LogP contribution in [-0.4, -0.2) is 15.0 Å². The highest BCUT2D eigenvalue weighted by Gasteiger charge is 2.19. The molecule has 1 atom stereocenters. The molecule has 0 aliphatic carbocycles. The van der Waals surface area contributed by atoms with Crippen LogP contribution in [0.25, 0.3) is 83.0 Å². The number of rotatable bonds is 6. The quantitative estimate of drug-likeness (QED) is 0.176. The summed E-state index contributed by atoms with van der Waals surface area (Å²) in [5.41, 5.74) is 11.4. The van der Waals surface area contributed by atoms with E-state index in [1.54, 1.807) is 0 Å². The Morgan fingerprint density at radius 2 is 1.17 bits per heavy atom. The van der Waals surface area contributed by atoms with Gasteiger partial charge in [0.05, 0.1) is 22.9 Å². The van der Waals surface area contributed by atoms with Crippen molar-refractivity contribution in [2.45, 2.75) is 6.04 Å². The van der Waals surface area contributed by atoms with Gasteiger partial charge in [-0.3, -0.25) is 4.98 Å².